The van der Waals surface area contributed by atoms with Crippen LogP contribution < -0.4 is 0 Å². The van der Waals surface area contributed by atoms with E-state index in [1.165, 1.54) is 10.9 Å². The molecule has 146 valence electrons. The average Bonchev–Trinajstić information content (AvgIpc) is 3.19. The molecule has 5 heteroatoms. The van der Waals surface area contributed by atoms with Crippen molar-refractivity contribution in [2.75, 3.05) is 40.3 Å². The third-order valence-electron chi connectivity index (χ3n) is 5.60. The Bertz CT molecular complexity index is 956. The van der Waals surface area contributed by atoms with Gasteiger partial charge in [0.25, 0.3) is 5.91 Å². The summed E-state index contributed by atoms with van der Waals surface area (Å²) < 4.78 is 0. The fraction of sp³-hybridized carbons (Fsp3) is 0.348. The average molecular weight is 377 g/mol. The first-order chi connectivity index (χ1) is 13.6. The molecule has 5 nitrogen and oxygen atoms in total. The van der Waals surface area contributed by atoms with Crippen LogP contribution in [0.3, 0.4) is 0 Å². The molecule has 0 unspecified atom stereocenters. The van der Waals surface area contributed by atoms with Crippen molar-refractivity contribution in [2.45, 2.75) is 13.1 Å². The molecule has 1 fully saturated rings. The Morgan fingerprint density at radius 1 is 1.07 bits per heavy atom. The summed E-state index contributed by atoms with van der Waals surface area (Å²) >= 11 is 0. The zero-order valence-electron chi connectivity index (χ0n) is 16.7. The van der Waals surface area contributed by atoms with Gasteiger partial charge in [0, 0.05) is 58.1 Å². The monoisotopic (exact) mass is 376 g/mol. The van der Waals surface area contributed by atoms with Crippen molar-refractivity contribution < 1.29 is 4.79 Å². The number of para-hydroxylation sites is 1. The van der Waals surface area contributed by atoms with Crippen molar-refractivity contribution in [2.24, 2.45) is 0 Å². The highest BCUT2D eigenvalue weighted by atomic mass is 16.2. The number of hydrogen-bond acceptors (Lipinski definition) is 3. The molecule has 1 amide bonds. The molecule has 0 spiro atoms. The molecule has 4 rings (SSSR count). The molecule has 0 radical (unpaired) electrons. The molecule has 3 aromatic rings. The lowest BCUT2D eigenvalue weighted by Gasteiger charge is -2.32. The van der Waals surface area contributed by atoms with Crippen LogP contribution in [0.5, 0.6) is 0 Å². The fourth-order valence-corrected chi connectivity index (χ4v) is 3.90. The van der Waals surface area contributed by atoms with Crippen LogP contribution in [0, 0.1) is 0 Å². The second-order valence-corrected chi connectivity index (χ2v) is 7.80. The molecule has 1 N–H and O–H groups in total. The molecule has 28 heavy (non-hydrogen) atoms. The van der Waals surface area contributed by atoms with E-state index in [2.05, 4.69) is 46.1 Å². The van der Waals surface area contributed by atoms with E-state index in [4.69, 9.17) is 0 Å². The number of amides is 1. The summed E-state index contributed by atoms with van der Waals surface area (Å²) in [5, 5.41) is 1.17. The maximum atomic E-state index is 13.0. The molecule has 0 aliphatic carbocycles. The fourth-order valence-electron chi connectivity index (χ4n) is 3.90. The summed E-state index contributed by atoms with van der Waals surface area (Å²) in [5.74, 6) is 0.0591. The van der Waals surface area contributed by atoms with Gasteiger partial charge in [0.1, 0.15) is 0 Å². The van der Waals surface area contributed by atoms with Gasteiger partial charge in [-0.3, -0.25) is 9.69 Å². The van der Waals surface area contributed by atoms with E-state index >= 15 is 0 Å². The van der Waals surface area contributed by atoms with Gasteiger partial charge in [-0.2, -0.15) is 0 Å². The molecule has 1 aromatic heterocycles. The number of benzene rings is 2. The largest absolute Gasteiger partial charge is 0.361 e. The standard InChI is InChI=1S/C23H28N4O/c1-25-11-13-27(14-12-25)16-18-5-3-7-20(15-18)23(28)26(2)17-21-8-4-6-19-9-10-24-22(19)21/h3-10,15,24H,11-14,16-17H2,1-2H3. The number of aromatic amines is 1. The van der Waals surface area contributed by atoms with Crippen molar-refractivity contribution in [3.8, 4) is 0 Å². The SMILES string of the molecule is CN1CCN(Cc2cccc(C(=O)N(C)Cc3cccc4cc[nH]c34)c2)CC1. The minimum atomic E-state index is 0.0591. The van der Waals surface area contributed by atoms with Crippen LogP contribution in [0.25, 0.3) is 10.9 Å². The topological polar surface area (TPSA) is 42.6 Å². The summed E-state index contributed by atoms with van der Waals surface area (Å²) in [6, 6.07) is 16.3. The zero-order valence-corrected chi connectivity index (χ0v) is 16.7. The van der Waals surface area contributed by atoms with E-state index in [0.717, 1.165) is 49.4 Å². The number of hydrogen-bond donors (Lipinski definition) is 1. The summed E-state index contributed by atoms with van der Waals surface area (Å²) in [4.78, 5) is 22.9. The van der Waals surface area contributed by atoms with Crippen LogP contribution in [-0.4, -0.2) is 65.9 Å². The quantitative estimate of drug-likeness (QED) is 0.744. The molecule has 1 aliphatic heterocycles. The van der Waals surface area contributed by atoms with Gasteiger partial charge in [0.05, 0.1) is 5.52 Å². The number of nitrogens with one attached hydrogen (secondary N) is 1. The Morgan fingerprint density at radius 2 is 1.86 bits per heavy atom. The van der Waals surface area contributed by atoms with E-state index < -0.39 is 0 Å². The van der Waals surface area contributed by atoms with Gasteiger partial charge < -0.3 is 14.8 Å². The van der Waals surface area contributed by atoms with Gasteiger partial charge in [-0.15, -0.1) is 0 Å². The number of H-pyrrole nitrogens is 1. The first-order valence-electron chi connectivity index (χ1n) is 9.90. The molecular weight excluding hydrogens is 348 g/mol. The van der Waals surface area contributed by atoms with E-state index in [-0.39, 0.29) is 5.91 Å². The maximum Gasteiger partial charge on any atom is 0.253 e. The van der Waals surface area contributed by atoms with E-state index in [1.54, 1.807) is 4.90 Å². The Labute approximate surface area is 166 Å². The summed E-state index contributed by atoms with van der Waals surface area (Å²) in [5.41, 5.74) is 4.20. The van der Waals surface area contributed by atoms with E-state index in [1.807, 2.05) is 37.5 Å². The second kappa shape index (κ2) is 8.17. The molecular formula is C23H28N4O. The maximum absolute atomic E-state index is 13.0. The van der Waals surface area contributed by atoms with Gasteiger partial charge in [-0.1, -0.05) is 30.3 Å². The lowest BCUT2D eigenvalue weighted by Crippen LogP contribution is -2.43. The van der Waals surface area contributed by atoms with Gasteiger partial charge in [-0.25, -0.2) is 0 Å². The van der Waals surface area contributed by atoms with E-state index in [9.17, 15) is 4.79 Å². The van der Waals surface area contributed by atoms with Gasteiger partial charge in [-0.05, 0) is 41.8 Å². The third kappa shape index (κ3) is 4.11. The third-order valence-corrected chi connectivity index (χ3v) is 5.60. The highest BCUT2D eigenvalue weighted by molar-refractivity contribution is 5.94. The van der Waals surface area contributed by atoms with Crippen LogP contribution in [0.2, 0.25) is 0 Å². The number of carbonyl (C=O) groups is 1. The minimum absolute atomic E-state index is 0.0591. The van der Waals surface area contributed by atoms with Crippen LogP contribution in [0.4, 0.5) is 0 Å². The summed E-state index contributed by atoms with van der Waals surface area (Å²) in [7, 11) is 4.04. The number of rotatable bonds is 5. The lowest BCUT2D eigenvalue weighted by atomic mass is 10.1. The van der Waals surface area contributed by atoms with Crippen LogP contribution in [0.15, 0.2) is 54.7 Å². The Morgan fingerprint density at radius 3 is 2.68 bits per heavy atom. The van der Waals surface area contributed by atoms with Crippen molar-refractivity contribution in [3.63, 3.8) is 0 Å². The van der Waals surface area contributed by atoms with Crippen molar-refractivity contribution in [3.05, 3.63) is 71.4 Å². The minimum Gasteiger partial charge on any atom is -0.361 e. The summed E-state index contributed by atoms with van der Waals surface area (Å²) in [6.45, 7) is 5.85. The Balaban J connectivity index is 1.44. The molecule has 0 atom stereocenters. The molecule has 2 heterocycles. The van der Waals surface area contributed by atoms with Gasteiger partial charge in [0.15, 0.2) is 0 Å². The number of fused-ring (bicyclic) bond motifs is 1. The van der Waals surface area contributed by atoms with Crippen molar-refractivity contribution in [1.29, 1.82) is 0 Å². The predicted octanol–water partition coefficient (Wildman–Crippen LogP) is 3.19. The van der Waals surface area contributed by atoms with Crippen molar-refractivity contribution in [1.82, 2.24) is 19.7 Å². The molecule has 0 bridgehead atoms. The number of aromatic nitrogens is 1. The second-order valence-electron chi connectivity index (χ2n) is 7.80. The lowest BCUT2D eigenvalue weighted by molar-refractivity contribution is 0.0785. The van der Waals surface area contributed by atoms with Gasteiger partial charge in [0.2, 0.25) is 0 Å². The summed E-state index contributed by atoms with van der Waals surface area (Å²) in [6.07, 6.45) is 1.94. The number of carbonyl (C=O) groups excluding carboxylic acids is 1. The molecule has 1 aliphatic rings. The van der Waals surface area contributed by atoms with Crippen LogP contribution in [0.1, 0.15) is 21.5 Å². The first kappa shape index (κ1) is 18.7. The molecule has 0 saturated carbocycles. The Kier molecular flexibility index (Phi) is 5.46. The smallest absolute Gasteiger partial charge is 0.253 e. The number of likely N-dealkylation sites (N-methyl/N-ethyl adjacent to an activating group) is 1. The molecule has 1 saturated heterocycles. The molecule has 2 aromatic carbocycles. The van der Waals surface area contributed by atoms with E-state index in [0.29, 0.717) is 6.54 Å². The zero-order chi connectivity index (χ0) is 19.5. The first-order valence-corrected chi connectivity index (χ1v) is 9.90. The van der Waals surface area contributed by atoms with Gasteiger partial charge >= 0.3 is 0 Å². The highest BCUT2D eigenvalue weighted by Gasteiger charge is 2.16. The Hall–Kier alpha value is -2.63. The highest BCUT2D eigenvalue weighted by Crippen LogP contribution is 2.19. The van der Waals surface area contributed by atoms with Crippen molar-refractivity contribution >= 4 is 16.8 Å². The van der Waals surface area contributed by atoms with Crippen LogP contribution >= 0.6 is 0 Å². The normalized spacial score (nSPS) is 15.8. The number of piperazine rings is 1. The van der Waals surface area contributed by atoms with Crippen LogP contribution in [-0.2, 0) is 13.1 Å². The number of nitrogens with zero attached hydrogens (tertiary/aromatic N) is 3. The predicted molar refractivity (Wildman–Crippen MR) is 113 cm³/mol.